The van der Waals surface area contributed by atoms with Crippen LogP contribution in [0.5, 0.6) is 0 Å². The highest BCUT2D eigenvalue weighted by molar-refractivity contribution is 6.35. The molecule has 5 heteroatoms. The monoisotopic (exact) mass is 263 g/mol. The van der Waals surface area contributed by atoms with E-state index in [1.54, 1.807) is 26.4 Å². The Morgan fingerprint density at radius 1 is 1.25 bits per heavy atom. The highest BCUT2D eigenvalue weighted by Gasteiger charge is 2.17. The Morgan fingerprint density at radius 2 is 1.88 bits per heavy atom. The Kier molecular flexibility index (Phi) is 5.52. The molecule has 90 valence electrons. The van der Waals surface area contributed by atoms with Crippen LogP contribution in [0.15, 0.2) is 18.2 Å². The summed E-state index contributed by atoms with van der Waals surface area (Å²) in [5.41, 5.74) is 6.86. The van der Waals surface area contributed by atoms with Crippen molar-refractivity contribution in [1.29, 1.82) is 0 Å². The van der Waals surface area contributed by atoms with E-state index in [-0.39, 0.29) is 6.04 Å². The van der Waals surface area contributed by atoms with Crippen molar-refractivity contribution >= 4 is 23.2 Å². The van der Waals surface area contributed by atoms with Gasteiger partial charge < -0.3 is 15.2 Å². The van der Waals surface area contributed by atoms with Gasteiger partial charge in [-0.2, -0.15) is 0 Å². The average Bonchev–Trinajstić information content (AvgIpc) is 2.24. The van der Waals surface area contributed by atoms with E-state index in [1.807, 2.05) is 6.07 Å². The minimum Gasteiger partial charge on any atom is -0.354 e. The van der Waals surface area contributed by atoms with E-state index in [1.165, 1.54) is 0 Å². The van der Waals surface area contributed by atoms with Crippen LogP contribution in [0.3, 0.4) is 0 Å². The fourth-order valence-corrected chi connectivity index (χ4v) is 1.97. The molecule has 1 atom stereocenters. The Morgan fingerprint density at radius 3 is 2.38 bits per heavy atom. The van der Waals surface area contributed by atoms with E-state index < -0.39 is 6.29 Å². The molecule has 0 heterocycles. The van der Waals surface area contributed by atoms with Gasteiger partial charge in [-0.25, -0.2) is 0 Å². The lowest BCUT2D eigenvalue weighted by molar-refractivity contribution is -0.115. The van der Waals surface area contributed by atoms with Crippen LogP contribution in [-0.2, 0) is 15.9 Å². The molecule has 3 nitrogen and oxygen atoms in total. The van der Waals surface area contributed by atoms with E-state index >= 15 is 0 Å². The van der Waals surface area contributed by atoms with Gasteiger partial charge in [-0.3, -0.25) is 0 Å². The predicted molar refractivity (Wildman–Crippen MR) is 65.9 cm³/mol. The first-order chi connectivity index (χ1) is 7.58. The van der Waals surface area contributed by atoms with E-state index in [9.17, 15) is 0 Å². The number of nitrogens with two attached hydrogens (primary N) is 1. The van der Waals surface area contributed by atoms with Gasteiger partial charge in [0, 0.05) is 24.3 Å². The second-order valence-corrected chi connectivity index (χ2v) is 4.29. The largest absolute Gasteiger partial charge is 0.354 e. The van der Waals surface area contributed by atoms with E-state index in [2.05, 4.69) is 0 Å². The fraction of sp³-hybridized carbons (Fsp3) is 0.455. The van der Waals surface area contributed by atoms with Gasteiger partial charge in [-0.1, -0.05) is 29.3 Å². The average molecular weight is 264 g/mol. The SMILES string of the molecule is COC(OC)C(N)Cc1ccc(Cl)cc1Cl. The van der Waals surface area contributed by atoms with E-state index in [0.29, 0.717) is 16.5 Å². The molecule has 0 saturated carbocycles. The Hall–Kier alpha value is -0.320. The topological polar surface area (TPSA) is 44.5 Å². The first-order valence-corrected chi connectivity index (χ1v) is 5.59. The Balaban J connectivity index is 2.72. The van der Waals surface area contributed by atoms with Crippen molar-refractivity contribution in [2.24, 2.45) is 5.73 Å². The summed E-state index contributed by atoms with van der Waals surface area (Å²) in [6, 6.07) is 5.06. The van der Waals surface area contributed by atoms with Gasteiger partial charge in [0.25, 0.3) is 0 Å². The molecule has 0 fully saturated rings. The summed E-state index contributed by atoms with van der Waals surface area (Å²) in [5.74, 6) is 0. The van der Waals surface area contributed by atoms with Crippen LogP contribution < -0.4 is 5.73 Å². The van der Waals surface area contributed by atoms with Gasteiger partial charge in [0.05, 0.1) is 6.04 Å². The normalized spacial score (nSPS) is 13.1. The summed E-state index contributed by atoms with van der Waals surface area (Å²) in [6.45, 7) is 0. The molecule has 1 unspecified atom stereocenters. The van der Waals surface area contributed by atoms with Crippen LogP contribution in [0.1, 0.15) is 5.56 Å². The minimum absolute atomic E-state index is 0.270. The molecular weight excluding hydrogens is 249 g/mol. The summed E-state index contributed by atoms with van der Waals surface area (Å²) in [6.07, 6.45) is 0.134. The summed E-state index contributed by atoms with van der Waals surface area (Å²) in [5, 5.41) is 1.21. The molecule has 0 aliphatic carbocycles. The Bertz CT molecular complexity index is 343. The molecule has 0 bridgehead atoms. The van der Waals surface area contributed by atoms with E-state index in [0.717, 1.165) is 5.56 Å². The minimum atomic E-state index is -0.438. The highest BCUT2D eigenvalue weighted by Crippen LogP contribution is 2.22. The molecule has 1 aromatic carbocycles. The number of benzene rings is 1. The molecule has 0 radical (unpaired) electrons. The lowest BCUT2D eigenvalue weighted by atomic mass is 10.1. The van der Waals surface area contributed by atoms with Crippen molar-refractivity contribution in [2.75, 3.05) is 14.2 Å². The quantitative estimate of drug-likeness (QED) is 0.831. The third-order valence-electron chi connectivity index (χ3n) is 2.28. The molecule has 1 rings (SSSR count). The van der Waals surface area contributed by atoms with Crippen LogP contribution in [0.2, 0.25) is 10.0 Å². The zero-order valence-electron chi connectivity index (χ0n) is 9.24. The molecule has 0 aliphatic rings. The van der Waals surface area contributed by atoms with Crippen molar-refractivity contribution in [3.63, 3.8) is 0 Å². The highest BCUT2D eigenvalue weighted by atomic mass is 35.5. The summed E-state index contributed by atoms with van der Waals surface area (Å²) in [4.78, 5) is 0. The standard InChI is InChI=1S/C11H15Cl2NO2/c1-15-11(16-2)10(14)5-7-3-4-8(12)6-9(7)13/h3-4,6,10-11H,5,14H2,1-2H3. The molecule has 0 aliphatic heterocycles. The summed E-state index contributed by atoms with van der Waals surface area (Å²) < 4.78 is 10.2. The van der Waals surface area contributed by atoms with Crippen molar-refractivity contribution < 1.29 is 9.47 Å². The van der Waals surface area contributed by atoms with Crippen LogP contribution in [-0.4, -0.2) is 26.6 Å². The summed E-state index contributed by atoms with van der Waals surface area (Å²) in [7, 11) is 3.11. The fourth-order valence-electron chi connectivity index (χ4n) is 1.48. The maximum atomic E-state index is 6.04. The molecule has 0 amide bonds. The van der Waals surface area contributed by atoms with Gasteiger partial charge in [0.2, 0.25) is 0 Å². The van der Waals surface area contributed by atoms with Crippen LogP contribution >= 0.6 is 23.2 Å². The number of ether oxygens (including phenoxy) is 2. The summed E-state index contributed by atoms with van der Waals surface area (Å²) >= 11 is 11.8. The van der Waals surface area contributed by atoms with Gasteiger partial charge in [-0.15, -0.1) is 0 Å². The molecular formula is C11H15Cl2NO2. The van der Waals surface area contributed by atoms with Gasteiger partial charge in [0.15, 0.2) is 6.29 Å². The van der Waals surface area contributed by atoms with Gasteiger partial charge in [-0.05, 0) is 24.1 Å². The first-order valence-electron chi connectivity index (χ1n) is 4.83. The molecule has 0 spiro atoms. The maximum absolute atomic E-state index is 6.04. The van der Waals surface area contributed by atoms with Crippen molar-refractivity contribution in [2.45, 2.75) is 18.8 Å². The second kappa shape index (κ2) is 6.42. The molecule has 2 N–H and O–H groups in total. The number of rotatable bonds is 5. The number of methoxy groups -OCH3 is 2. The first kappa shape index (κ1) is 13.7. The van der Waals surface area contributed by atoms with Gasteiger partial charge >= 0.3 is 0 Å². The molecule has 16 heavy (non-hydrogen) atoms. The molecule has 1 aromatic rings. The number of hydrogen-bond acceptors (Lipinski definition) is 3. The van der Waals surface area contributed by atoms with Crippen molar-refractivity contribution in [1.82, 2.24) is 0 Å². The smallest absolute Gasteiger partial charge is 0.172 e. The van der Waals surface area contributed by atoms with Crippen molar-refractivity contribution in [3.8, 4) is 0 Å². The molecule has 0 aromatic heterocycles. The van der Waals surface area contributed by atoms with Crippen LogP contribution in [0, 0.1) is 0 Å². The number of hydrogen-bond donors (Lipinski definition) is 1. The lowest BCUT2D eigenvalue weighted by Gasteiger charge is -2.21. The molecule has 0 saturated heterocycles. The zero-order chi connectivity index (χ0) is 12.1. The third kappa shape index (κ3) is 3.61. The number of halogens is 2. The maximum Gasteiger partial charge on any atom is 0.172 e. The van der Waals surface area contributed by atoms with Crippen LogP contribution in [0.25, 0.3) is 0 Å². The van der Waals surface area contributed by atoms with E-state index in [4.69, 9.17) is 38.4 Å². The predicted octanol–water partition coefficient (Wildman–Crippen LogP) is 2.48. The second-order valence-electron chi connectivity index (χ2n) is 3.44. The Labute approximate surface area is 105 Å². The lowest BCUT2D eigenvalue weighted by Crippen LogP contribution is -2.39. The third-order valence-corrected chi connectivity index (χ3v) is 2.87. The van der Waals surface area contributed by atoms with Gasteiger partial charge in [0.1, 0.15) is 0 Å². The van der Waals surface area contributed by atoms with Crippen molar-refractivity contribution in [3.05, 3.63) is 33.8 Å². The zero-order valence-corrected chi connectivity index (χ0v) is 10.8. The van der Waals surface area contributed by atoms with Crippen LogP contribution in [0.4, 0.5) is 0 Å².